The third-order valence-electron chi connectivity index (χ3n) is 11.4. The number of hydrogen-bond donors (Lipinski definition) is 5. The third kappa shape index (κ3) is 9.97. The van der Waals surface area contributed by atoms with Crippen LogP contribution in [0.4, 0.5) is 19.3 Å². The quantitative estimate of drug-likeness (QED) is 0.268. The van der Waals surface area contributed by atoms with Crippen LogP contribution in [0.1, 0.15) is 64.0 Å². The van der Waals surface area contributed by atoms with Gasteiger partial charge in [-0.15, -0.1) is 0 Å². The molecule has 6 rings (SSSR count). The number of anilines is 1. The van der Waals surface area contributed by atoms with Gasteiger partial charge >= 0.3 is 12.0 Å². The number of esters is 1. The Kier molecular flexibility index (Phi) is 13.2. The van der Waals surface area contributed by atoms with Crippen LogP contribution in [0.15, 0.2) is 42.5 Å². The maximum atomic E-state index is 14.7. The van der Waals surface area contributed by atoms with E-state index >= 15 is 0 Å². The minimum atomic E-state index is -1.74. The van der Waals surface area contributed by atoms with Gasteiger partial charge in [-0.2, -0.15) is 0 Å². The van der Waals surface area contributed by atoms with E-state index in [1.807, 2.05) is 13.8 Å². The van der Waals surface area contributed by atoms with E-state index in [2.05, 4.69) is 21.3 Å². The van der Waals surface area contributed by atoms with Gasteiger partial charge in [-0.3, -0.25) is 24.0 Å². The van der Waals surface area contributed by atoms with Crippen LogP contribution < -0.4 is 21.3 Å². The van der Waals surface area contributed by atoms with Crippen molar-refractivity contribution in [3.63, 3.8) is 0 Å². The van der Waals surface area contributed by atoms with Crippen LogP contribution in [0.25, 0.3) is 0 Å². The number of ether oxygens (including phenoxy) is 1. The minimum absolute atomic E-state index is 0.00938. The Labute approximate surface area is 340 Å². The number of nitrogens with one attached hydrogen (secondary N) is 4. The summed E-state index contributed by atoms with van der Waals surface area (Å²) in [5.41, 5.74) is 1.28. The number of benzene rings is 2. The Balaban J connectivity index is 1.35. The van der Waals surface area contributed by atoms with Crippen LogP contribution in [-0.2, 0) is 39.9 Å². The monoisotopic (exact) mass is 823 g/mol. The lowest BCUT2D eigenvalue weighted by Gasteiger charge is -2.39. The second kappa shape index (κ2) is 18.1. The number of nitrogens with zero attached hydrogens (tertiary/aromatic N) is 3. The van der Waals surface area contributed by atoms with Crippen molar-refractivity contribution < 1.29 is 52.2 Å². The van der Waals surface area contributed by atoms with E-state index in [4.69, 9.17) is 4.74 Å². The highest BCUT2D eigenvalue weighted by atomic mass is 19.1. The van der Waals surface area contributed by atoms with Crippen LogP contribution in [0.2, 0.25) is 0 Å². The smallest absolute Gasteiger partial charge is 0.329 e. The first-order valence-electron chi connectivity index (χ1n) is 20.0. The van der Waals surface area contributed by atoms with Crippen molar-refractivity contribution >= 4 is 47.2 Å². The van der Waals surface area contributed by atoms with E-state index in [1.54, 1.807) is 24.3 Å². The third-order valence-corrected chi connectivity index (χ3v) is 11.4. The number of aryl methyl sites for hydroxylation is 1. The average molecular weight is 824 g/mol. The summed E-state index contributed by atoms with van der Waals surface area (Å²) >= 11 is 0. The number of carbonyl (C=O) groups is 7. The number of urea groups is 1. The number of aliphatic hydroxyl groups excluding tert-OH is 1. The molecule has 59 heavy (non-hydrogen) atoms. The van der Waals surface area contributed by atoms with Gasteiger partial charge in [0.15, 0.2) is 0 Å². The highest BCUT2D eigenvalue weighted by Gasteiger charge is 2.49. The number of piperidine rings is 1. The maximum Gasteiger partial charge on any atom is 0.329 e. The number of amides is 7. The normalized spacial score (nSPS) is 28.5. The molecule has 318 valence electrons. The first-order chi connectivity index (χ1) is 28.0. The largest absolute Gasteiger partial charge is 0.458 e. The summed E-state index contributed by atoms with van der Waals surface area (Å²) in [6.45, 7) is 6.54. The summed E-state index contributed by atoms with van der Waals surface area (Å²) in [6.07, 6.45) is -1.60. The second-order valence-corrected chi connectivity index (χ2v) is 16.1. The number of hydrogen-bond acceptors (Lipinski definition) is 9. The van der Waals surface area contributed by atoms with Gasteiger partial charge in [0, 0.05) is 44.2 Å². The number of fused-ring (bicyclic) bond motifs is 3. The molecule has 4 fully saturated rings. The number of carbonyl (C=O) groups excluding carboxylic acids is 7. The number of halogens is 2. The van der Waals surface area contributed by atoms with E-state index < -0.39 is 108 Å². The molecule has 1 unspecified atom stereocenters. The average Bonchev–Trinajstić information content (AvgIpc) is 3.78. The molecule has 0 aliphatic carbocycles. The van der Waals surface area contributed by atoms with E-state index in [9.17, 15) is 47.4 Å². The first-order valence-corrected chi connectivity index (χ1v) is 20.0. The molecule has 9 atom stereocenters. The van der Waals surface area contributed by atoms with Gasteiger partial charge in [0.1, 0.15) is 54.0 Å². The molecular formula is C41H51F2N7O9. The number of aliphatic hydroxyl groups is 1. The molecule has 7 amide bonds. The van der Waals surface area contributed by atoms with Crippen LogP contribution in [-0.4, -0.2) is 129 Å². The van der Waals surface area contributed by atoms with Gasteiger partial charge in [0.2, 0.25) is 29.5 Å². The van der Waals surface area contributed by atoms with Gasteiger partial charge in [-0.05, 0) is 82.2 Å². The zero-order valence-electron chi connectivity index (χ0n) is 33.4. The Bertz CT molecular complexity index is 1950. The van der Waals surface area contributed by atoms with Gasteiger partial charge in [-0.25, -0.2) is 18.4 Å². The number of cyclic esters (lactones) is 1. The van der Waals surface area contributed by atoms with Crippen LogP contribution in [0, 0.1) is 24.5 Å². The lowest BCUT2D eigenvalue weighted by molar-refractivity contribution is -0.163. The highest BCUT2D eigenvalue weighted by molar-refractivity contribution is 5.99. The molecule has 4 saturated heterocycles. The molecule has 18 heteroatoms. The van der Waals surface area contributed by atoms with Crippen molar-refractivity contribution in [2.24, 2.45) is 5.92 Å². The Hall–Kier alpha value is -5.65. The fourth-order valence-corrected chi connectivity index (χ4v) is 8.36. The molecule has 0 saturated carbocycles. The zero-order chi connectivity index (χ0) is 42.7. The lowest BCUT2D eigenvalue weighted by atomic mass is 9.98. The maximum absolute atomic E-state index is 14.7. The van der Waals surface area contributed by atoms with Crippen LogP contribution in [0.5, 0.6) is 0 Å². The summed E-state index contributed by atoms with van der Waals surface area (Å²) in [5.74, 6) is -6.57. The van der Waals surface area contributed by atoms with Crippen molar-refractivity contribution in [1.82, 2.24) is 30.7 Å². The van der Waals surface area contributed by atoms with Crippen molar-refractivity contribution in [3.05, 3.63) is 65.2 Å². The second-order valence-electron chi connectivity index (χ2n) is 16.1. The summed E-state index contributed by atoms with van der Waals surface area (Å²) in [5, 5.41) is 21.3. The highest BCUT2D eigenvalue weighted by Crippen LogP contribution is 2.29. The summed E-state index contributed by atoms with van der Waals surface area (Å²) in [6, 6.07) is 0.750. The van der Waals surface area contributed by atoms with E-state index in [0.717, 1.165) is 22.6 Å². The zero-order valence-corrected chi connectivity index (χ0v) is 33.4. The first kappa shape index (κ1) is 42.9. The predicted molar refractivity (Wildman–Crippen MR) is 207 cm³/mol. The number of rotatable bonds is 6. The standard InChI is InChI=1S/C41H51F2N7O9/c1-21-8-10-28(11-9-21)45-41(58)46-30(16-25-14-26(42)17-27(43)15-25)35(52)47-34-24(4)59-40(57)33-13-22(2)19-49(33)37(54)23(3)44-36(53)31-7-5-6-12-48(31)38(55)32-18-29(51)20-50(32)39(34)56/h8-11,14-15,17,22-24,29-34,51H,5-7,12-13,16,18-20H2,1-4H3,(H,44,53)(H,47,52)(H2,45,46,58)/t22-,23+,24+,29-,30+,31+,32+,33?,34+/m1/s1. The molecule has 0 spiro atoms. The fraction of sp³-hybridized carbons (Fsp3) is 0.537. The molecule has 4 heterocycles. The summed E-state index contributed by atoms with van der Waals surface area (Å²) in [4.78, 5) is 102. The van der Waals surface area contributed by atoms with E-state index in [-0.39, 0.29) is 50.4 Å². The molecule has 0 bridgehead atoms. The predicted octanol–water partition coefficient (Wildman–Crippen LogP) is 1.52. The van der Waals surface area contributed by atoms with Crippen LogP contribution in [0.3, 0.4) is 0 Å². The topological polar surface area (TPSA) is 207 Å². The van der Waals surface area contributed by atoms with Gasteiger partial charge in [0.25, 0.3) is 0 Å². The Morgan fingerprint density at radius 3 is 2.24 bits per heavy atom. The van der Waals surface area contributed by atoms with Crippen molar-refractivity contribution in [2.45, 2.75) is 115 Å². The van der Waals surface area contributed by atoms with E-state index in [1.165, 1.54) is 23.6 Å². The molecule has 0 radical (unpaired) electrons. The van der Waals surface area contributed by atoms with Gasteiger partial charge < -0.3 is 45.8 Å². The van der Waals surface area contributed by atoms with Crippen molar-refractivity contribution in [3.8, 4) is 0 Å². The van der Waals surface area contributed by atoms with Crippen molar-refractivity contribution in [1.29, 1.82) is 0 Å². The van der Waals surface area contributed by atoms with E-state index in [0.29, 0.717) is 24.6 Å². The Morgan fingerprint density at radius 2 is 1.54 bits per heavy atom. The van der Waals surface area contributed by atoms with Crippen molar-refractivity contribution in [2.75, 3.05) is 25.0 Å². The molecule has 4 aliphatic heterocycles. The molecule has 2 aromatic rings. The minimum Gasteiger partial charge on any atom is -0.458 e. The molecule has 4 aliphatic rings. The van der Waals surface area contributed by atoms with Gasteiger partial charge in [-0.1, -0.05) is 24.6 Å². The summed E-state index contributed by atoms with van der Waals surface area (Å²) < 4.78 is 34.5. The fourth-order valence-electron chi connectivity index (χ4n) is 8.36. The Morgan fingerprint density at radius 1 is 0.864 bits per heavy atom. The van der Waals surface area contributed by atoms with Crippen LogP contribution >= 0.6 is 0 Å². The SMILES string of the molecule is Cc1ccc(NC(=O)N[C@@H](Cc2cc(F)cc(F)c2)C(=O)N[C@@H]2C(=O)N3C[C@H](O)C[C@H]3C(=O)N3CCCC[C@H]3C(=O)N[C@@H](C)C(=O)N3C[C@H](C)CC3C(=O)O[C@H]2C)cc1. The molecule has 16 nitrogen and oxygen atoms in total. The molecule has 2 aromatic carbocycles. The lowest BCUT2D eigenvalue weighted by Crippen LogP contribution is -2.63. The molecule has 0 aromatic heterocycles. The molecule has 5 N–H and O–H groups in total. The molecular weight excluding hydrogens is 772 g/mol. The summed E-state index contributed by atoms with van der Waals surface area (Å²) in [7, 11) is 0. The van der Waals surface area contributed by atoms with Gasteiger partial charge in [0.05, 0.1) is 6.10 Å².